The van der Waals surface area contributed by atoms with Gasteiger partial charge in [-0.15, -0.1) is 0 Å². The first-order chi connectivity index (χ1) is 14.7. The Hall–Kier alpha value is -3.32. The van der Waals surface area contributed by atoms with Crippen LogP contribution in [0.2, 0.25) is 0 Å². The molecule has 3 rings (SSSR count). The second-order valence-corrected chi connectivity index (χ2v) is 8.86. The Morgan fingerprint density at radius 3 is 2.45 bits per heavy atom. The molecule has 0 aliphatic heterocycles. The van der Waals surface area contributed by atoms with Crippen molar-refractivity contribution in [2.24, 2.45) is 5.10 Å². The summed E-state index contributed by atoms with van der Waals surface area (Å²) in [5.41, 5.74) is 3.11. The topological polar surface area (TPSA) is 128 Å². The summed E-state index contributed by atoms with van der Waals surface area (Å²) in [5.74, 6) is -0.343. The van der Waals surface area contributed by atoms with Crippen LogP contribution < -0.4 is 9.61 Å². The summed E-state index contributed by atoms with van der Waals surface area (Å²) in [6.07, 6.45) is 1.39. The predicted molar refractivity (Wildman–Crippen MR) is 122 cm³/mol. The van der Waals surface area contributed by atoms with Crippen molar-refractivity contribution >= 4 is 50.5 Å². The minimum Gasteiger partial charge on any atom is -0.379 e. The zero-order chi connectivity index (χ0) is 22.4. The van der Waals surface area contributed by atoms with Crippen LogP contribution in [-0.4, -0.2) is 25.5 Å². The number of nitro groups is 1. The Bertz CT molecular complexity index is 1260. The lowest BCUT2D eigenvalue weighted by Crippen LogP contribution is -2.17. The van der Waals surface area contributed by atoms with Gasteiger partial charge in [-0.1, -0.05) is 12.1 Å². The molecule has 0 aliphatic rings. The zero-order valence-corrected chi connectivity index (χ0v) is 18.6. The largest absolute Gasteiger partial charge is 0.379 e. The van der Waals surface area contributed by atoms with Gasteiger partial charge in [0, 0.05) is 21.3 Å². The van der Waals surface area contributed by atoms with Gasteiger partial charge >= 0.3 is 10.1 Å². The average Bonchev–Trinajstić information content (AvgIpc) is 2.75. The highest BCUT2D eigenvalue weighted by Gasteiger charge is 2.19. The Morgan fingerprint density at radius 1 is 1.06 bits per heavy atom. The van der Waals surface area contributed by atoms with Crippen LogP contribution in [0.3, 0.4) is 0 Å². The van der Waals surface area contributed by atoms with Gasteiger partial charge < -0.3 is 4.18 Å². The van der Waals surface area contributed by atoms with Crippen molar-refractivity contribution < 1.29 is 22.3 Å². The molecule has 0 saturated heterocycles. The maximum atomic E-state index is 12.3. The van der Waals surface area contributed by atoms with E-state index in [2.05, 4.69) is 33.1 Å². The fourth-order valence-corrected chi connectivity index (χ4v) is 3.91. The number of hydrogen-bond acceptors (Lipinski definition) is 7. The van der Waals surface area contributed by atoms with Gasteiger partial charge in [0.1, 0.15) is 10.6 Å². The molecule has 31 heavy (non-hydrogen) atoms. The molecule has 3 aromatic carbocycles. The number of non-ortho nitro benzene ring substituents is 1. The molecule has 0 saturated carbocycles. The van der Waals surface area contributed by atoms with Crippen LogP contribution in [0.1, 0.15) is 15.9 Å². The lowest BCUT2D eigenvalue weighted by atomic mass is 10.2. The third-order valence-electron chi connectivity index (χ3n) is 3.87. The van der Waals surface area contributed by atoms with Crippen LogP contribution in [0, 0.1) is 13.7 Å². The number of carbonyl (C=O) groups excluding carboxylic acids is 1. The number of carbonyl (C=O) groups is 1. The van der Waals surface area contributed by atoms with E-state index in [0.29, 0.717) is 11.1 Å². The summed E-state index contributed by atoms with van der Waals surface area (Å²) in [6.45, 7) is 0. The summed E-state index contributed by atoms with van der Waals surface area (Å²) < 4.78 is 30.6. The number of hydrogen-bond donors (Lipinski definition) is 1. The van der Waals surface area contributed by atoms with E-state index < -0.39 is 15.0 Å². The van der Waals surface area contributed by atoms with Gasteiger partial charge in [-0.2, -0.15) is 13.5 Å². The third-order valence-corrected chi connectivity index (χ3v) is 5.78. The van der Waals surface area contributed by atoms with Gasteiger partial charge in [-0.3, -0.25) is 14.9 Å². The van der Waals surface area contributed by atoms with E-state index in [0.717, 1.165) is 9.64 Å². The molecule has 0 spiro atoms. The number of hydrazone groups is 1. The quantitative estimate of drug-likeness (QED) is 0.157. The van der Waals surface area contributed by atoms with E-state index in [1.807, 2.05) is 6.07 Å². The summed E-state index contributed by atoms with van der Waals surface area (Å²) in [6, 6.07) is 17.5. The van der Waals surface area contributed by atoms with Gasteiger partial charge in [0.15, 0.2) is 0 Å². The summed E-state index contributed by atoms with van der Waals surface area (Å²) in [4.78, 5) is 21.9. The second kappa shape index (κ2) is 9.66. The lowest BCUT2D eigenvalue weighted by molar-refractivity contribution is -0.385. The molecule has 0 aromatic heterocycles. The van der Waals surface area contributed by atoms with Gasteiger partial charge in [0.2, 0.25) is 0 Å². The highest BCUT2D eigenvalue weighted by Crippen LogP contribution is 2.22. The molecular weight excluding hydrogens is 537 g/mol. The van der Waals surface area contributed by atoms with Crippen molar-refractivity contribution in [3.05, 3.63) is 97.6 Å². The van der Waals surface area contributed by atoms with Crippen LogP contribution in [-0.2, 0) is 10.1 Å². The first kappa shape index (κ1) is 22.4. The Labute approximate surface area is 191 Å². The van der Waals surface area contributed by atoms with Gasteiger partial charge in [-0.05, 0) is 76.7 Å². The van der Waals surface area contributed by atoms with E-state index in [4.69, 9.17) is 4.18 Å². The molecule has 3 aromatic rings. The standard InChI is InChI=1S/C20H14IN3O6S/c21-16-4-1-3-15(11-16)20(25)23-22-13-14-7-9-18(10-8-14)30-31(28,29)19-6-2-5-17(12-19)24(26)27/h1-13H,(H,23,25)/b22-13-. The van der Waals surface area contributed by atoms with E-state index in [9.17, 15) is 23.3 Å². The van der Waals surface area contributed by atoms with Crippen LogP contribution in [0.25, 0.3) is 0 Å². The van der Waals surface area contributed by atoms with Gasteiger partial charge in [-0.25, -0.2) is 5.43 Å². The minimum atomic E-state index is -4.24. The average molecular weight is 551 g/mol. The van der Waals surface area contributed by atoms with Crippen molar-refractivity contribution in [1.82, 2.24) is 5.43 Å². The van der Waals surface area contributed by atoms with Crippen LogP contribution >= 0.6 is 22.6 Å². The van der Waals surface area contributed by atoms with Crippen molar-refractivity contribution in [3.63, 3.8) is 0 Å². The van der Waals surface area contributed by atoms with E-state index in [-0.39, 0.29) is 22.2 Å². The van der Waals surface area contributed by atoms with E-state index >= 15 is 0 Å². The monoisotopic (exact) mass is 551 g/mol. The summed E-state index contributed by atoms with van der Waals surface area (Å²) >= 11 is 2.10. The molecule has 0 heterocycles. The Kier molecular flexibility index (Phi) is 6.97. The Balaban J connectivity index is 1.64. The van der Waals surface area contributed by atoms with Crippen LogP contribution in [0.5, 0.6) is 5.75 Å². The molecule has 0 radical (unpaired) electrons. The lowest BCUT2D eigenvalue weighted by Gasteiger charge is -2.07. The molecule has 1 N–H and O–H groups in total. The molecule has 0 bridgehead atoms. The number of nitrogens with zero attached hydrogens (tertiary/aromatic N) is 2. The number of benzene rings is 3. The normalized spacial score (nSPS) is 11.3. The van der Waals surface area contributed by atoms with Crippen LogP contribution in [0.4, 0.5) is 5.69 Å². The summed E-state index contributed by atoms with van der Waals surface area (Å²) in [5, 5.41) is 14.7. The zero-order valence-electron chi connectivity index (χ0n) is 15.6. The molecule has 0 fully saturated rings. The molecule has 0 atom stereocenters. The van der Waals surface area contributed by atoms with Crippen molar-refractivity contribution in [1.29, 1.82) is 0 Å². The molecule has 9 nitrogen and oxygen atoms in total. The Morgan fingerprint density at radius 2 is 1.77 bits per heavy atom. The first-order valence-electron chi connectivity index (χ1n) is 8.62. The van der Waals surface area contributed by atoms with Crippen LogP contribution in [0.15, 0.2) is 82.8 Å². The molecule has 1 amide bonds. The highest BCUT2D eigenvalue weighted by atomic mass is 127. The van der Waals surface area contributed by atoms with Crippen molar-refractivity contribution in [2.75, 3.05) is 0 Å². The fourth-order valence-electron chi connectivity index (χ4n) is 2.40. The number of amides is 1. The smallest absolute Gasteiger partial charge is 0.339 e. The maximum Gasteiger partial charge on any atom is 0.339 e. The minimum absolute atomic E-state index is 0.0200. The second-order valence-electron chi connectivity index (χ2n) is 6.07. The number of halogens is 1. The number of rotatable bonds is 7. The number of nitro benzene ring substituents is 1. The number of nitrogens with one attached hydrogen (secondary N) is 1. The van der Waals surface area contributed by atoms with E-state index in [1.165, 1.54) is 36.5 Å². The maximum absolute atomic E-state index is 12.3. The predicted octanol–water partition coefficient (Wildman–Crippen LogP) is 3.73. The molecule has 0 unspecified atom stereocenters. The van der Waals surface area contributed by atoms with Crippen molar-refractivity contribution in [2.45, 2.75) is 4.90 Å². The van der Waals surface area contributed by atoms with Gasteiger partial charge in [0.25, 0.3) is 11.6 Å². The van der Waals surface area contributed by atoms with E-state index in [1.54, 1.807) is 30.3 Å². The molecule has 158 valence electrons. The summed E-state index contributed by atoms with van der Waals surface area (Å²) in [7, 11) is -4.24. The first-order valence-corrected chi connectivity index (χ1v) is 11.1. The third kappa shape index (κ3) is 6.08. The SMILES string of the molecule is O=C(N/N=C\c1ccc(OS(=O)(=O)c2cccc([N+](=O)[O-])c2)cc1)c1cccc(I)c1. The fraction of sp³-hybridized carbons (Fsp3) is 0. The molecule has 11 heteroatoms. The molecular formula is C20H14IN3O6S. The van der Waals surface area contributed by atoms with Gasteiger partial charge in [0.05, 0.1) is 11.1 Å². The highest BCUT2D eigenvalue weighted by molar-refractivity contribution is 14.1. The van der Waals surface area contributed by atoms with Crippen molar-refractivity contribution in [3.8, 4) is 5.75 Å². The molecule has 0 aliphatic carbocycles.